The van der Waals surface area contributed by atoms with Crippen LogP contribution in [0.25, 0.3) is 0 Å². The number of aryl methyl sites for hydroxylation is 1. The highest BCUT2D eigenvalue weighted by Crippen LogP contribution is 2.07. The van der Waals surface area contributed by atoms with Gasteiger partial charge in [0.05, 0.1) is 6.20 Å². The second kappa shape index (κ2) is 5.81. The van der Waals surface area contributed by atoms with E-state index < -0.39 is 0 Å². The molecule has 0 fully saturated rings. The fraction of sp³-hybridized carbons (Fsp3) is 0.727. The van der Waals surface area contributed by atoms with Gasteiger partial charge in [-0.2, -0.15) is 5.10 Å². The molecule has 80 valence electrons. The zero-order valence-corrected chi connectivity index (χ0v) is 9.51. The lowest BCUT2D eigenvalue weighted by atomic mass is 10.2. The van der Waals surface area contributed by atoms with Gasteiger partial charge in [0.25, 0.3) is 0 Å². The molecule has 3 nitrogen and oxygen atoms in total. The van der Waals surface area contributed by atoms with Gasteiger partial charge >= 0.3 is 0 Å². The average molecular weight is 195 g/mol. The van der Waals surface area contributed by atoms with Crippen molar-refractivity contribution < 1.29 is 0 Å². The summed E-state index contributed by atoms with van der Waals surface area (Å²) in [6.45, 7) is 9.48. The van der Waals surface area contributed by atoms with Crippen molar-refractivity contribution in [3.8, 4) is 0 Å². The standard InChI is InChI=1S/C11H21N3/c1-4-6-7-14-10(3)11(9-13-14)8-12-5-2/h9,12H,4-8H2,1-3H3. The van der Waals surface area contributed by atoms with Gasteiger partial charge in [0, 0.05) is 24.3 Å². The number of hydrogen-bond donors (Lipinski definition) is 1. The highest BCUT2D eigenvalue weighted by atomic mass is 15.3. The Hall–Kier alpha value is -0.830. The van der Waals surface area contributed by atoms with Gasteiger partial charge in [0.15, 0.2) is 0 Å². The van der Waals surface area contributed by atoms with Crippen molar-refractivity contribution >= 4 is 0 Å². The summed E-state index contributed by atoms with van der Waals surface area (Å²) in [5.41, 5.74) is 2.63. The van der Waals surface area contributed by atoms with Gasteiger partial charge in [-0.1, -0.05) is 20.3 Å². The van der Waals surface area contributed by atoms with Crippen LogP contribution in [0.1, 0.15) is 37.9 Å². The second-order valence-electron chi connectivity index (χ2n) is 3.61. The molecule has 0 radical (unpaired) electrons. The van der Waals surface area contributed by atoms with Crippen LogP contribution in [-0.4, -0.2) is 16.3 Å². The molecule has 1 heterocycles. The number of hydrogen-bond acceptors (Lipinski definition) is 2. The summed E-state index contributed by atoms with van der Waals surface area (Å²) >= 11 is 0. The molecule has 0 aliphatic rings. The molecule has 0 saturated heterocycles. The highest BCUT2D eigenvalue weighted by Gasteiger charge is 2.04. The first-order valence-electron chi connectivity index (χ1n) is 5.51. The Morgan fingerprint density at radius 2 is 2.21 bits per heavy atom. The zero-order chi connectivity index (χ0) is 10.4. The van der Waals surface area contributed by atoms with E-state index in [1.165, 1.54) is 24.1 Å². The molecule has 0 spiro atoms. The van der Waals surface area contributed by atoms with Crippen molar-refractivity contribution in [2.75, 3.05) is 6.54 Å². The van der Waals surface area contributed by atoms with Crippen molar-refractivity contribution in [2.45, 2.75) is 46.7 Å². The lowest BCUT2D eigenvalue weighted by Gasteiger charge is -2.04. The Balaban J connectivity index is 2.55. The monoisotopic (exact) mass is 195 g/mol. The number of aromatic nitrogens is 2. The predicted octanol–water partition coefficient (Wildman–Crippen LogP) is 2.10. The maximum Gasteiger partial charge on any atom is 0.0537 e. The van der Waals surface area contributed by atoms with Crippen molar-refractivity contribution in [3.05, 3.63) is 17.5 Å². The lowest BCUT2D eigenvalue weighted by Crippen LogP contribution is -2.12. The van der Waals surface area contributed by atoms with E-state index in [2.05, 4.69) is 35.9 Å². The Morgan fingerprint density at radius 1 is 1.43 bits per heavy atom. The Labute approximate surface area is 86.5 Å². The molecule has 1 aromatic heterocycles. The fourth-order valence-electron chi connectivity index (χ4n) is 1.45. The normalized spacial score (nSPS) is 10.8. The molecule has 0 saturated carbocycles. The van der Waals surface area contributed by atoms with E-state index in [4.69, 9.17) is 0 Å². The number of unbranched alkanes of at least 4 members (excludes halogenated alkanes) is 1. The summed E-state index contributed by atoms with van der Waals surface area (Å²) in [6, 6.07) is 0. The maximum absolute atomic E-state index is 4.38. The summed E-state index contributed by atoms with van der Waals surface area (Å²) in [5, 5.41) is 7.70. The minimum Gasteiger partial charge on any atom is -0.313 e. The van der Waals surface area contributed by atoms with Crippen molar-refractivity contribution in [1.29, 1.82) is 0 Å². The van der Waals surface area contributed by atoms with Gasteiger partial charge in [0.1, 0.15) is 0 Å². The molecule has 3 heteroatoms. The van der Waals surface area contributed by atoms with E-state index in [0.29, 0.717) is 0 Å². The molecule has 0 unspecified atom stereocenters. The van der Waals surface area contributed by atoms with Gasteiger partial charge in [-0.3, -0.25) is 4.68 Å². The Kier molecular flexibility index (Phi) is 4.66. The first kappa shape index (κ1) is 11.2. The second-order valence-corrected chi connectivity index (χ2v) is 3.61. The van der Waals surface area contributed by atoms with Crippen LogP contribution in [0, 0.1) is 6.92 Å². The SMILES string of the molecule is CCCCn1ncc(CNCC)c1C. The molecule has 1 N–H and O–H groups in total. The quantitative estimate of drug-likeness (QED) is 0.753. The molecular formula is C11H21N3. The fourth-order valence-corrected chi connectivity index (χ4v) is 1.45. The van der Waals surface area contributed by atoms with Crippen LogP contribution in [0.15, 0.2) is 6.20 Å². The summed E-state index contributed by atoms with van der Waals surface area (Å²) in [6.07, 6.45) is 4.42. The third kappa shape index (κ3) is 2.84. The number of rotatable bonds is 6. The van der Waals surface area contributed by atoms with Crippen molar-refractivity contribution in [2.24, 2.45) is 0 Å². The van der Waals surface area contributed by atoms with Gasteiger partial charge < -0.3 is 5.32 Å². The Morgan fingerprint density at radius 3 is 2.86 bits per heavy atom. The third-order valence-corrected chi connectivity index (χ3v) is 2.49. The molecule has 0 aliphatic carbocycles. The topological polar surface area (TPSA) is 29.9 Å². The van der Waals surface area contributed by atoms with E-state index >= 15 is 0 Å². The van der Waals surface area contributed by atoms with Gasteiger partial charge in [-0.05, 0) is 19.9 Å². The first-order chi connectivity index (χ1) is 6.79. The number of nitrogens with one attached hydrogen (secondary N) is 1. The van der Waals surface area contributed by atoms with Crippen LogP contribution < -0.4 is 5.32 Å². The molecular weight excluding hydrogens is 174 g/mol. The summed E-state index contributed by atoms with van der Waals surface area (Å²) < 4.78 is 2.11. The predicted molar refractivity (Wildman–Crippen MR) is 59.3 cm³/mol. The van der Waals surface area contributed by atoms with Crippen LogP contribution in [0.4, 0.5) is 0 Å². The lowest BCUT2D eigenvalue weighted by molar-refractivity contribution is 0.557. The molecule has 0 aliphatic heterocycles. The highest BCUT2D eigenvalue weighted by molar-refractivity contribution is 5.15. The first-order valence-corrected chi connectivity index (χ1v) is 5.51. The summed E-state index contributed by atoms with van der Waals surface area (Å²) in [5.74, 6) is 0. The molecule has 0 bridgehead atoms. The van der Waals surface area contributed by atoms with E-state index in [0.717, 1.165) is 19.6 Å². The molecule has 0 aromatic carbocycles. The molecule has 0 amide bonds. The van der Waals surface area contributed by atoms with Crippen molar-refractivity contribution in [1.82, 2.24) is 15.1 Å². The largest absolute Gasteiger partial charge is 0.313 e. The van der Waals surface area contributed by atoms with Crippen molar-refractivity contribution in [3.63, 3.8) is 0 Å². The van der Waals surface area contributed by atoms with Crippen LogP contribution >= 0.6 is 0 Å². The van der Waals surface area contributed by atoms with E-state index in [1.54, 1.807) is 0 Å². The van der Waals surface area contributed by atoms with Gasteiger partial charge in [0.2, 0.25) is 0 Å². The minimum atomic E-state index is 0.939. The zero-order valence-electron chi connectivity index (χ0n) is 9.51. The summed E-state index contributed by atoms with van der Waals surface area (Å²) in [4.78, 5) is 0. The van der Waals surface area contributed by atoms with Crippen LogP contribution in [-0.2, 0) is 13.1 Å². The smallest absolute Gasteiger partial charge is 0.0537 e. The van der Waals surface area contributed by atoms with E-state index in [9.17, 15) is 0 Å². The molecule has 1 rings (SSSR count). The van der Waals surface area contributed by atoms with Gasteiger partial charge in [-0.15, -0.1) is 0 Å². The number of nitrogens with zero attached hydrogens (tertiary/aromatic N) is 2. The molecule has 0 atom stereocenters. The average Bonchev–Trinajstić information content (AvgIpc) is 2.54. The molecule has 1 aromatic rings. The van der Waals surface area contributed by atoms with Crippen LogP contribution in [0.5, 0.6) is 0 Å². The third-order valence-electron chi connectivity index (χ3n) is 2.49. The maximum atomic E-state index is 4.38. The summed E-state index contributed by atoms with van der Waals surface area (Å²) in [7, 11) is 0. The Bertz CT molecular complexity index is 240. The molecule has 14 heavy (non-hydrogen) atoms. The van der Waals surface area contributed by atoms with Crippen LogP contribution in [0.2, 0.25) is 0 Å². The minimum absolute atomic E-state index is 0.939. The van der Waals surface area contributed by atoms with Gasteiger partial charge in [-0.25, -0.2) is 0 Å². The van der Waals surface area contributed by atoms with Crippen LogP contribution in [0.3, 0.4) is 0 Å². The van der Waals surface area contributed by atoms with E-state index in [1.807, 2.05) is 6.20 Å². The van der Waals surface area contributed by atoms with E-state index in [-0.39, 0.29) is 0 Å².